The van der Waals surface area contributed by atoms with Crippen molar-refractivity contribution in [2.75, 3.05) is 20.2 Å². The Morgan fingerprint density at radius 3 is 2.60 bits per heavy atom. The van der Waals surface area contributed by atoms with Crippen molar-refractivity contribution in [1.82, 2.24) is 4.90 Å². The Balaban J connectivity index is 0.00000180. The predicted molar refractivity (Wildman–Crippen MR) is 69.0 cm³/mol. The number of hydrogen-bond donors (Lipinski definition) is 0. The van der Waals surface area contributed by atoms with Crippen molar-refractivity contribution >= 4 is 5.97 Å². The van der Waals surface area contributed by atoms with Crippen LogP contribution in [-0.2, 0) is 16.1 Å². The van der Waals surface area contributed by atoms with Crippen molar-refractivity contribution in [2.45, 2.75) is 13.0 Å². The van der Waals surface area contributed by atoms with Gasteiger partial charge in [0.05, 0.1) is 7.11 Å². The average molecular weight is 287 g/mol. The molecule has 1 heterocycles. The second-order valence-corrected chi connectivity index (χ2v) is 4.34. The standard InChI is InChI=1S/C14H17NO3.Na.H2O/c1-18-14(17)12-10-15(8-7-13(12)16)9-11-5-3-2-4-6-11;;/h2-6,16H,7-10H2,1H3;;1H2/q;+1;/p-1. The van der Waals surface area contributed by atoms with Crippen LogP contribution in [0.5, 0.6) is 0 Å². The minimum Gasteiger partial charge on any atom is -0.875 e. The van der Waals surface area contributed by atoms with Crippen LogP contribution in [0.1, 0.15) is 12.0 Å². The summed E-state index contributed by atoms with van der Waals surface area (Å²) < 4.78 is 4.64. The molecule has 2 rings (SSSR count). The molecule has 6 heteroatoms. The molecule has 5 nitrogen and oxygen atoms in total. The molecule has 0 aromatic heterocycles. The molecular formula is C14H18NNaO4. The van der Waals surface area contributed by atoms with Crippen molar-refractivity contribution in [3.8, 4) is 0 Å². The topological polar surface area (TPSA) is 84.1 Å². The normalized spacial score (nSPS) is 15.1. The van der Waals surface area contributed by atoms with Crippen LogP contribution in [-0.4, -0.2) is 36.5 Å². The fourth-order valence-electron chi connectivity index (χ4n) is 2.08. The Kier molecular flexibility index (Phi) is 8.76. The molecule has 2 N–H and O–H groups in total. The fraction of sp³-hybridized carbons (Fsp3) is 0.357. The van der Waals surface area contributed by atoms with Crippen LogP contribution < -0.4 is 34.7 Å². The minimum atomic E-state index is -0.502. The van der Waals surface area contributed by atoms with Gasteiger partial charge in [0.15, 0.2) is 0 Å². The van der Waals surface area contributed by atoms with E-state index in [2.05, 4.69) is 9.64 Å². The van der Waals surface area contributed by atoms with Crippen molar-refractivity contribution < 1.29 is 49.7 Å². The number of benzene rings is 1. The molecule has 1 aromatic carbocycles. The number of esters is 1. The largest absolute Gasteiger partial charge is 1.00 e. The summed E-state index contributed by atoms with van der Waals surface area (Å²) in [6, 6.07) is 10.0. The van der Waals surface area contributed by atoms with Crippen molar-refractivity contribution in [1.29, 1.82) is 0 Å². The number of carbonyl (C=O) groups is 1. The van der Waals surface area contributed by atoms with Gasteiger partial charge in [-0.3, -0.25) is 4.90 Å². The van der Waals surface area contributed by atoms with Crippen LogP contribution in [0.25, 0.3) is 0 Å². The van der Waals surface area contributed by atoms with Crippen molar-refractivity contribution in [3.05, 3.63) is 47.2 Å². The van der Waals surface area contributed by atoms with Gasteiger partial charge in [-0.1, -0.05) is 30.3 Å². The summed E-state index contributed by atoms with van der Waals surface area (Å²) in [6.07, 6.45) is 0.386. The summed E-state index contributed by atoms with van der Waals surface area (Å²) in [5.41, 5.74) is 1.44. The van der Waals surface area contributed by atoms with E-state index in [4.69, 9.17) is 0 Å². The third-order valence-corrected chi connectivity index (χ3v) is 3.05. The van der Waals surface area contributed by atoms with Crippen molar-refractivity contribution in [3.63, 3.8) is 0 Å². The molecular weight excluding hydrogens is 269 g/mol. The number of nitrogens with zero attached hydrogens (tertiary/aromatic N) is 1. The first kappa shape index (κ1) is 19.1. The summed E-state index contributed by atoms with van der Waals surface area (Å²) in [5.74, 6) is -0.594. The summed E-state index contributed by atoms with van der Waals surface area (Å²) in [7, 11) is 1.30. The smallest absolute Gasteiger partial charge is 0.875 e. The number of hydrogen-bond acceptors (Lipinski definition) is 4. The van der Waals surface area contributed by atoms with E-state index in [1.165, 1.54) is 12.7 Å². The quantitative estimate of drug-likeness (QED) is 0.434. The minimum absolute atomic E-state index is 0. The Morgan fingerprint density at radius 2 is 2.00 bits per heavy atom. The van der Waals surface area contributed by atoms with E-state index in [-0.39, 0.29) is 46.4 Å². The molecule has 1 aliphatic heterocycles. The van der Waals surface area contributed by atoms with E-state index in [9.17, 15) is 9.90 Å². The van der Waals surface area contributed by atoms with Gasteiger partial charge in [-0.2, -0.15) is 0 Å². The molecule has 0 atom stereocenters. The maximum absolute atomic E-state index is 11.6. The Bertz CT molecular complexity index is 462. The van der Waals surface area contributed by atoms with Gasteiger partial charge in [0.25, 0.3) is 0 Å². The zero-order valence-electron chi connectivity index (χ0n) is 11.9. The van der Waals surface area contributed by atoms with Gasteiger partial charge < -0.3 is 15.3 Å². The van der Waals surface area contributed by atoms with Crippen LogP contribution >= 0.6 is 0 Å². The van der Waals surface area contributed by atoms with E-state index in [0.717, 1.165) is 6.54 Å². The zero-order chi connectivity index (χ0) is 13.0. The number of methoxy groups -OCH3 is 1. The summed E-state index contributed by atoms with van der Waals surface area (Å²) in [5, 5.41) is 11.6. The van der Waals surface area contributed by atoms with Gasteiger partial charge >= 0.3 is 35.5 Å². The molecule has 104 valence electrons. The van der Waals surface area contributed by atoms with E-state index < -0.39 is 5.97 Å². The monoisotopic (exact) mass is 287 g/mol. The van der Waals surface area contributed by atoms with Gasteiger partial charge in [-0.15, -0.1) is 5.76 Å². The van der Waals surface area contributed by atoms with Crippen LogP contribution in [0.15, 0.2) is 41.7 Å². The SMILES string of the molecule is COC(=O)C1=C([O-])CCN(Cc2ccccc2)C1.O.[Na+]. The molecule has 20 heavy (non-hydrogen) atoms. The molecule has 0 amide bonds. The maximum atomic E-state index is 11.6. The third-order valence-electron chi connectivity index (χ3n) is 3.05. The molecule has 0 radical (unpaired) electrons. The Labute approximate surface area is 140 Å². The Morgan fingerprint density at radius 1 is 1.35 bits per heavy atom. The summed E-state index contributed by atoms with van der Waals surface area (Å²) in [4.78, 5) is 13.6. The van der Waals surface area contributed by atoms with E-state index >= 15 is 0 Å². The number of ether oxygens (including phenoxy) is 1. The molecule has 1 aliphatic rings. The molecule has 1 aromatic rings. The molecule has 0 spiro atoms. The van der Waals surface area contributed by atoms with E-state index in [1.807, 2.05) is 30.3 Å². The van der Waals surface area contributed by atoms with Gasteiger partial charge in [0.2, 0.25) is 0 Å². The summed E-state index contributed by atoms with van der Waals surface area (Å²) in [6.45, 7) is 1.81. The van der Waals surface area contributed by atoms with E-state index in [0.29, 0.717) is 19.5 Å². The molecule has 0 saturated heterocycles. The first-order valence-corrected chi connectivity index (χ1v) is 5.94. The molecule has 0 fully saturated rings. The first-order valence-electron chi connectivity index (χ1n) is 5.94. The van der Waals surface area contributed by atoms with Crippen LogP contribution in [0.4, 0.5) is 0 Å². The maximum Gasteiger partial charge on any atom is 1.00 e. The fourth-order valence-corrected chi connectivity index (χ4v) is 2.08. The van der Waals surface area contributed by atoms with Crippen LogP contribution in [0.2, 0.25) is 0 Å². The van der Waals surface area contributed by atoms with Gasteiger partial charge in [0, 0.05) is 25.2 Å². The second-order valence-electron chi connectivity index (χ2n) is 4.34. The second kappa shape index (κ2) is 9.15. The predicted octanol–water partition coefficient (Wildman–Crippen LogP) is -3.14. The first-order chi connectivity index (χ1) is 8.70. The average Bonchev–Trinajstić information content (AvgIpc) is 2.41. The zero-order valence-corrected chi connectivity index (χ0v) is 13.9. The molecule has 0 unspecified atom stereocenters. The molecule has 0 aliphatic carbocycles. The van der Waals surface area contributed by atoms with Gasteiger partial charge in [-0.25, -0.2) is 4.79 Å². The van der Waals surface area contributed by atoms with Crippen molar-refractivity contribution in [2.24, 2.45) is 0 Å². The number of carbonyl (C=O) groups excluding carboxylic acids is 1. The number of rotatable bonds is 3. The third kappa shape index (κ3) is 4.92. The van der Waals surface area contributed by atoms with Crippen LogP contribution in [0.3, 0.4) is 0 Å². The van der Waals surface area contributed by atoms with Gasteiger partial charge in [0.1, 0.15) is 0 Å². The molecule has 0 bridgehead atoms. The van der Waals surface area contributed by atoms with Crippen LogP contribution in [0, 0.1) is 0 Å². The van der Waals surface area contributed by atoms with E-state index in [1.54, 1.807) is 0 Å². The molecule has 0 saturated carbocycles. The Hall–Kier alpha value is -0.850. The van der Waals surface area contributed by atoms with Gasteiger partial charge in [-0.05, 0) is 12.0 Å². The summed E-state index contributed by atoms with van der Waals surface area (Å²) >= 11 is 0.